The summed E-state index contributed by atoms with van der Waals surface area (Å²) in [6.45, 7) is 0. The van der Waals surface area contributed by atoms with E-state index in [0.717, 1.165) is 0 Å². The van der Waals surface area contributed by atoms with Crippen LogP contribution in [0.25, 0.3) is 55.0 Å². The van der Waals surface area contributed by atoms with E-state index in [-0.39, 0.29) is 0 Å². The van der Waals surface area contributed by atoms with Crippen molar-refractivity contribution in [1.29, 1.82) is 0 Å². The van der Waals surface area contributed by atoms with E-state index in [1.54, 1.807) is 0 Å². The molecule has 0 radical (unpaired) electrons. The van der Waals surface area contributed by atoms with Crippen LogP contribution in [0.15, 0.2) is 291 Å². The van der Waals surface area contributed by atoms with Crippen molar-refractivity contribution in [3.05, 3.63) is 336 Å². The highest BCUT2D eigenvalue weighted by molar-refractivity contribution is 7.81. The summed E-state index contributed by atoms with van der Waals surface area (Å²) in [6.07, 6.45) is 0. The third-order valence-corrected chi connectivity index (χ3v) is 19.8. The standard InChI is InChI=1S/C72H48P2/c1-9-27-49(28-10-1)65-57-43-25-45-59-69(57)61(67(65)51-31-13-3-14-32-51)47-63(73(53-35-17-5-18-36-53)54-37-19-6-20-38-54)71(59)72-60-46-26-44-58-66(50-29-11-2-12-30-50)68(52-33-15-4-16-34-52)62(70(58)60)48-64(72)74(55-39-21-7-22-40-55)56-41-23-8-24-42-56/h1-48H. The van der Waals surface area contributed by atoms with Gasteiger partial charge in [0, 0.05) is 0 Å². The largest absolute Gasteiger partial charge is 0.0622 e. The predicted octanol–water partition coefficient (Wildman–Crippen LogP) is 15.8. The first kappa shape index (κ1) is 44.2. The molecule has 2 aliphatic rings. The zero-order valence-corrected chi connectivity index (χ0v) is 42.4. The summed E-state index contributed by atoms with van der Waals surface area (Å²) < 4.78 is 0. The van der Waals surface area contributed by atoms with Gasteiger partial charge in [-0.3, -0.25) is 0 Å². The second-order valence-electron chi connectivity index (χ2n) is 19.1. The normalized spacial score (nSPS) is 12.7. The van der Waals surface area contributed by atoms with Gasteiger partial charge in [0.15, 0.2) is 0 Å². The Kier molecular flexibility index (Phi) is 11.3. The van der Waals surface area contributed by atoms with Crippen molar-refractivity contribution in [2.24, 2.45) is 0 Å². The Hall–Kier alpha value is -8.50. The molecule has 0 saturated carbocycles. The van der Waals surface area contributed by atoms with Gasteiger partial charge in [-0.1, -0.05) is 279 Å². The summed E-state index contributed by atoms with van der Waals surface area (Å²) in [7, 11) is -2.26. The first-order chi connectivity index (χ1) is 36.8. The minimum Gasteiger partial charge on any atom is -0.0622 e. The predicted molar refractivity (Wildman–Crippen MR) is 320 cm³/mol. The molecule has 2 aliphatic carbocycles. The number of benzene rings is 12. The molecule has 0 aliphatic heterocycles. The molecule has 2 heteroatoms. The fraction of sp³-hybridized carbons (Fsp3) is 0. The Morgan fingerprint density at radius 1 is 0.203 bits per heavy atom. The molecule has 0 heterocycles. The highest BCUT2D eigenvalue weighted by Crippen LogP contribution is 2.56. The van der Waals surface area contributed by atoms with Crippen LogP contribution in [0.3, 0.4) is 0 Å². The monoisotopic (exact) mass is 974 g/mol. The van der Waals surface area contributed by atoms with E-state index in [9.17, 15) is 0 Å². The second kappa shape index (κ2) is 18.8. The van der Waals surface area contributed by atoms with Crippen LogP contribution < -0.4 is 31.8 Å². The number of hydrogen-bond donors (Lipinski definition) is 0. The SMILES string of the molecule is c1ccc(C2=C(c3ccccc3)c3cc(P(c4ccccc4)c4ccccc4)c(-c4c(P(c5ccccc5)c5ccccc5)cc5c6c(cccc46)C(c4ccccc4)=C5c4ccccc4)c4cccc2c34)cc1. The van der Waals surface area contributed by atoms with Crippen molar-refractivity contribution in [3.63, 3.8) is 0 Å². The van der Waals surface area contributed by atoms with E-state index in [4.69, 9.17) is 0 Å². The molecule has 74 heavy (non-hydrogen) atoms. The van der Waals surface area contributed by atoms with E-state index in [2.05, 4.69) is 291 Å². The van der Waals surface area contributed by atoms with Crippen LogP contribution in [0.1, 0.15) is 44.5 Å². The Balaban J connectivity index is 1.20. The van der Waals surface area contributed by atoms with E-state index in [0.29, 0.717) is 0 Å². The highest BCUT2D eigenvalue weighted by atomic mass is 31.1. The minimum absolute atomic E-state index is 1.13. The molecule has 0 saturated heterocycles. The van der Waals surface area contributed by atoms with Crippen molar-refractivity contribution in [2.45, 2.75) is 0 Å². The average Bonchev–Trinajstić information content (AvgIpc) is 4.01. The lowest BCUT2D eigenvalue weighted by molar-refractivity contribution is 1.57. The van der Waals surface area contributed by atoms with Crippen molar-refractivity contribution in [1.82, 2.24) is 0 Å². The average molecular weight is 975 g/mol. The van der Waals surface area contributed by atoms with Gasteiger partial charge in [-0.25, -0.2) is 0 Å². The minimum atomic E-state index is -1.13. The van der Waals surface area contributed by atoms with Gasteiger partial charge in [0.2, 0.25) is 0 Å². The Morgan fingerprint density at radius 3 is 0.716 bits per heavy atom. The molecule has 0 nitrogen and oxygen atoms in total. The molecule has 346 valence electrons. The molecule has 0 N–H and O–H groups in total. The molecule has 0 atom stereocenters. The summed E-state index contributed by atoms with van der Waals surface area (Å²) >= 11 is 0. The van der Waals surface area contributed by atoms with Gasteiger partial charge < -0.3 is 0 Å². The van der Waals surface area contributed by atoms with Crippen LogP contribution in [0.4, 0.5) is 0 Å². The molecule has 0 fully saturated rings. The second-order valence-corrected chi connectivity index (χ2v) is 23.4. The van der Waals surface area contributed by atoms with Crippen LogP contribution in [-0.4, -0.2) is 0 Å². The quantitative estimate of drug-likeness (QED) is 0.113. The van der Waals surface area contributed by atoms with Crippen molar-refractivity contribution in [3.8, 4) is 11.1 Å². The summed E-state index contributed by atoms with van der Waals surface area (Å²) in [5.74, 6) is 0. The summed E-state index contributed by atoms with van der Waals surface area (Å²) in [4.78, 5) is 0. The Morgan fingerprint density at radius 2 is 0.446 bits per heavy atom. The molecule has 12 aromatic carbocycles. The lowest BCUT2D eigenvalue weighted by Crippen LogP contribution is -2.27. The molecule has 12 aromatic rings. The van der Waals surface area contributed by atoms with Gasteiger partial charge in [-0.15, -0.1) is 0 Å². The topological polar surface area (TPSA) is 0 Å². The molecule has 0 unspecified atom stereocenters. The zero-order chi connectivity index (χ0) is 49.0. The van der Waals surface area contributed by atoms with Gasteiger partial charge in [-0.05, 0) is 159 Å². The van der Waals surface area contributed by atoms with E-state index in [1.165, 1.54) is 131 Å². The van der Waals surface area contributed by atoms with E-state index < -0.39 is 15.8 Å². The third-order valence-electron chi connectivity index (χ3n) is 14.9. The Labute approximate surface area is 435 Å². The molecular weight excluding hydrogens is 927 g/mol. The molecule has 0 bridgehead atoms. The van der Waals surface area contributed by atoms with E-state index >= 15 is 0 Å². The fourth-order valence-corrected chi connectivity index (χ4v) is 17.0. The first-order valence-electron chi connectivity index (χ1n) is 25.5. The molecule has 14 rings (SSSR count). The highest BCUT2D eigenvalue weighted by Gasteiger charge is 2.36. The summed E-state index contributed by atoms with van der Waals surface area (Å²) in [5.41, 5.74) is 17.8. The van der Waals surface area contributed by atoms with Gasteiger partial charge >= 0.3 is 0 Å². The first-order valence-corrected chi connectivity index (χ1v) is 28.2. The number of rotatable bonds is 11. The molecular formula is C72H48P2. The smallest absolute Gasteiger partial charge is 0.000816 e. The molecule has 0 aromatic heterocycles. The van der Waals surface area contributed by atoms with Gasteiger partial charge in [0.05, 0.1) is 0 Å². The van der Waals surface area contributed by atoms with Crippen LogP contribution in [0.2, 0.25) is 0 Å². The summed E-state index contributed by atoms with van der Waals surface area (Å²) in [6, 6.07) is 109. The van der Waals surface area contributed by atoms with Crippen LogP contribution in [0.5, 0.6) is 0 Å². The van der Waals surface area contributed by atoms with Crippen molar-refractivity contribution < 1.29 is 0 Å². The van der Waals surface area contributed by atoms with Crippen molar-refractivity contribution in [2.75, 3.05) is 0 Å². The zero-order valence-electron chi connectivity index (χ0n) is 40.6. The van der Waals surface area contributed by atoms with Gasteiger partial charge in [0.1, 0.15) is 0 Å². The molecule has 0 amide bonds. The Bertz CT molecular complexity index is 3760. The summed E-state index contributed by atoms with van der Waals surface area (Å²) in [5, 5.41) is 13.2. The number of hydrogen-bond acceptors (Lipinski definition) is 0. The van der Waals surface area contributed by atoms with Gasteiger partial charge in [-0.2, -0.15) is 0 Å². The maximum Gasteiger partial charge on any atom is -0.000816 e. The van der Waals surface area contributed by atoms with Crippen LogP contribution >= 0.6 is 15.8 Å². The van der Waals surface area contributed by atoms with Crippen molar-refractivity contribution >= 4 is 91.5 Å². The molecule has 0 spiro atoms. The van der Waals surface area contributed by atoms with Crippen LogP contribution in [-0.2, 0) is 0 Å². The third kappa shape index (κ3) is 7.37. The lowest BCUT2D eigenvalue weighted by Gasteiger charge is -2.30. The van der Waals surface area contributed by atoms with E-state index in [1.807, 2.05) is 0 Å². The maximum absolute atomic E-state index is 2.65. The lowest BCUT2D eigenvalue weighted by atomic mass is 9.88. The fourth-order valence-electron chi connectivity index (χ4n) is 11.9. The van der Waals surface area contributed by atoms with Gasteiger partial charge in [0.25, 0.3) is 0 Å². The maximum atomic E-state index is 2.65. The van der Waals surface area contributed by atoms with Crippen LogP contribution in [0, 0.1) is 0 Å².